The largest absolute Gasteiger partial charge is 0.489 e. The molecule has 0 spiro atoms. The molecular formula is C20H17F3N6O3S2. The average Bonchev–Trinajstić information content (AvgIpc) is 3.31. The summed E-state index contributed by atoms with van der Waals surface area (Å²) in [4.78, 5) is 5.39. The minimum atomic E-state index is -4.59. The van der Waals surface area contributed by atoms with Crippen molar-refractivity contribution >= 4 is 50.5 Å². The van der Waals surface area contributed by atoms with Gasteiger partial charge in [0, 0.05) is 35.7 Å². The number of hydrogen-bond acceptors (Lipinski definition) is 9. The predicted molar refractivity (Wildman–Crippen MR) is 121 cm³/mol. The van der Waals surface area contributed by atoms with Crippen LogP contribution in [0.1, 0.15) is 17.0 Å². The van der Waals surface area contributed by atoms with Crippen LogP contribution in [0.3, 0.4) is 0 Å². The van der Waals surface area contributed by atoms with Crippen molar-refractivity contribution in [2.45, 2.75) is 17.0 Å². The van der Waals surface area contributed by atoms with Gasteiger partial charge in [-0.25, -0.2) is 13.4 Å². The number of alkyl halides is 3. The summed E-state index contributed by atoms with van der Waals surface area (Å²) in [5, 5.41) is 15.2. The molecular weight excluding hydrogens is 493 g/mol. The molecule has 0 amide bonds. The maximum Gasteiger partial charge on any atom is 0.416 e. The molecule has 0 bridgehead atoms. The van der Waals surface area contributed by atoms with Crippen LogP contribution in [0.4, 0.5) is 29.7 Å². The molecule has 0 saturated heterocycles. The molecule has 178 valence electrons. The maximum atomic E-state index is 13.3. The standard InChI is InChI=1S/C20H17F3N6O3S2/c21-20(22,23)13-1-3-16(15(7-13)12(9-24)10-25)29-5-6-32-18-8-14(2-4-17(18)29)34(30,31)28-19-26-11-27-33-19/h1-4,7-12,24-25H,5-6H2,(H,26,27,28). The maximum absolute atomic E-state index is 13.3. The number of sulfonamides is 1. The predicted octanol–water partition coefficient (Wildman–Crippen LogP) is 4.27. The summed E-state index contributed by atoms with van der Waals surface area (Å²) in [7, 11) is -3.98. The number of hydrogen-bond donors (Lipinski definition) is 3. The van der Waals surface area contributed by atoms with E-state index < -0.39 is 27.7 Å². The Bertz CT molecular complexity index is 1320. The van der Waals surface area contributed by atoms with Crippen LogP contribution in [0.5, 0.6) is 5.75 Å². The quantitative estimate of drug-likeness (QED) is 0.407. The summed E-state index contributed by atoms with van der Waals surface area (Å²) in [5.74, 6) is -0.752. The van der Waals surface area contributed by atoms with Crippen molar-refractivity contribution < 1.29 is 26.3 Å². The van der Waals surface area contributed by atoms with Gasteiger partial charge in [0.05, 0.1) is 28.6 Å². The third-order valence-corrected chi connectivity index (χ3v) is 7.10. The van der Waals surface area contributed by atoms with Gasteiger partial charge in [0.25, 0.3) is 10.0 Å². The number of nitrogens with one attached hydrogen (secondary N) is 3. The lowest BCUT2D eigenvalue weighted by atomic mass is 9.95. The molecule has 34 heavy (non-hydrogen) atoms. The monoisotopic (exact) mass is 510 g/mol. The SMILES string of the molecule is N=CC(C=N)c1cc(C(F)(F)F)ccc1N1CCOc2cc(S(=O)(=O)Nc3ncns3)ccc21. The van der Waals surface area contributed by atoms with Gasteiger partial charge in [0.1, 0.15) is 18.7 Å². The van der Waals surface area contributed by atoms with E-state index in [4.69, 9.17) is 15.6 Å². The Balaban J connectivity index is 1.76. The second kappa shape index (κ2) is 9.02. The van der Waals surface area contributed by atoms with Gasteiger partial charge in [-0.1, -0.05) is 0 Å². The van der Waals surface area contributed by atoms with E-state index in [2.05, 4.69) is 14.1 Å². The number of nitrogens with zero attached hydrogens (tertiary/aromatic N) is 3. The van der Waals surface area contributed by atoms with Crippen LogP contribution in [-0.4, -0.2) is 43.4 Å². The van der Waals surface area contributed by atoms with Crippen molar-refractivity contribution in [3.63, 3.8) is 0 Å². The molecule has 1 aromatic heterocycles. The lowest BCUT2D eigenvalue weighted by molar-refractivity contribution is -0.137. The lowest BCUT2D eigenvalue weighted by Gasteiger charge is -2.33. The molecule has 3 aromatic rings. The van der Waals surface area contributed by atoms with Crippen molar-refractivity contribution in [2.24, 2.45) is 0 Å². The fraction of sp³-hybridized carbons (Fsp3) is 0.200. The summed E-state index contributed by atoms with van der Waals surface area (Å²) in [6, 6.07) is 7.31. The molecule has 0 aliphatic carbocycles. The van der Waals surface area contributed by atoms with Crippen molar-refractivity contribution in [3.05, 3.63) is 53.9 Å². The van der Waals surface area contributed by atoms with E-state index in [1.54, 1.807) is 4.90 Å². The van der Waals surface area contributed by atoms with Crippen molar-refractivity contribution in [2.75, 3.05) is 22.8 Å². The van der Waals surface area contributed by atoms with E-state index in [1.165, 1.54) is 30.6 Å². The second-order valence-corrected chi connectivity index (χ2v) is 9.57. The number of ether oxygens (including phenoxy) is 1. The number of aromatic nitrogens is 2. The van der Waals surface area contributed by atoms with Gasteiger partial charge in [-0.2, -0.15) is 17.5 Å². The molecule has 0 saturated carbocycles. The fourth-order valence-electron chi connectivity index (χ4n) is 3.48. The lowest BCUT2D eigenvalue weighted by Crippen LogP contribution is -2.30. The average molecular weight is 511 g/mol. The Morgan fingerprint density at radius 1 is 1.15 bits per heavy atom. The molecule has 14 heteroatoms. The minimum absolute atomic E-state index is 0.0900. The van der Waals surface area contributed by atoms with Gasteiger partial charge < -0.3 is 20.5 Å². The zero-order chi connectivity index (χ0) is 24.5. The number of fused-ring (bicyclic) bond motifs is 1. The summed E-state index contributed by atoms with van der Waals surface area (Å²) >= 11 is 0.875. The van der Waals surface area contributed by atoms with E-state index in [0.29, 0.717) is 11.4 Å². The van der Waals surface area contributed by atoms with Crippen LogP contribution >= 0.6 is 11.5 Å². The van der Waals surface area contributed by atoms with Gasteiger partial charge >= 0.3 is 6.18 Å². The topological polar surface area (TPSA) is 132 Å². The van der Waals surface area contributed by atoms with E-state index >= 15 is 0 Å². The third kappa shape index (κ3) is 4.59. The Hall–Kier alpha value is -3.52. The highest BCUT2D eigenvalue weighted by Gasteiger charge is 2.33. The highest BCUT2D eigenvalue weighted by Crippen LogP contribution is 2.42. The Kier molecular flexibility index (Phi) is 6.27. The Morgan fingerprint density at radius 3 is 2.53 bits per heavy atom. The Labute approximate surface area is 196 Å². The van der Waals surface area contributed by atoms with Gasteiger partial charge in [-0.15, -0.1) is 0 Å². The van der Waals surface area contributed by atoms with E-state index in [1.807, 2.05) is 0 Å². The molecule has 2 aromatic carbocycles. The molecule has 0 fully saturated rings. The Morgan fingerprint density at radius 2 is 1.88 bits per heavy atom. The summed E-state index contributed by atoms with van der Waals surface area (Å²) < 4.78 is 77.1. The number of benzene rings is 2. The summed E-state index contributed by atoms with van der Waals surface area (Å²) in [6.07, 6.45) is -1.59. The van der Waals surface area contributed by atoms with Crippen molar-refractivity contribution in [3.8, 4) is 5.75 Å². The van der Waals surface area contributed by atoms with Crippen LogP contribution < -0.4 is 14.4 Å². The van der Waals surface area contributed by atoms with Gasteiger partial charge in [-0.3, -0.25) is 4.72 Å². The molecule has 9 nitrogen and oxygen atoms in total. The van der Waals surface area contributed by atoms with E-state index in [-0.39, 0.29) is 34.5 Å². The highest BCUT2D eigenvalue weighted by atomic mass is 32.2. The van der Waals surface area contributed by atoms with Gasteiger partial charge in [0.2, 0.25) is 5.13 Å². The zero-order valence-electron chi connectivity index (χ0n) is 17.2. The second-order valence-electron chi connectivity index (χ2n) is 7.11. The summed E-state index contributed by atoms with van der Waals surface area (Å²) in [6.45, 7) is 0.407. The van der Waals surface area contributed by atoms with E-state index in [9.17, 15) is 21.6 Å². The van der Waals surface area contributed by atoms with Crippen LogP contribution in [0, 0.1) is 10.8 Å². The molecule has 0 atom stereocenters. The van der Waals surface area contributed by atoms with Crippen LogP contribution in [0.25, 0.3) is 0 Å². The molecule has 0 unspecified atom stereocenters. The number of halogens is 3. The summed E-state index contributed by atoms with van der Waals surface area (Å²) in [5.41, 5.74) is 0.0351. The van der Waals surface area contributed by atoms with E-state index in [0.717, 1.165) is 36.1 Å². The fourth-order valence-corrected chi connectivity index (χ4v) is 5.16. The molecule has 1 aliphatic rings. The first kappa shape index (κ1) is 23.6. The molecule has 4 rings (SSSR count). The smallest absolute Gasteiger partial charge is 0.416 e. The molecule has 0 radical (unpaired) electrons. The van der Waals surface area contributed by atoms with Crippen LogP contribution in [0.15, 0.2) is 47.6 Å². The molecule has 2 heterocycles. The van der Waals surface area contributed by atoms with Crippen LogP contribution in [-0.2, 0) is 16.2 Å². The van der Waals surface area contributed by atoms with Crippen molar-refractivity contribution in [1.29, 1.82) is 10.8 Å². The van der Waals surface area contributed by atoms with Crippen LogP contribution in [0.2, 0.25) is 0 Å². The van der Waals surface area contributed by atoms with Gasteiger partial charge in [-0.05, 0) is 35.9 Å². The highest BCUT2D eigenvalue weighted by molar-refractivity contribution is 7.93. The zero-order valence-corrected chi connectivity index (χ0v) is 18.8. The first-order valence-electron chi connectivity index (χ1n) is 9.70. The van der Waals surface area contributed by atoms with Crippen molar-refractivity contribution in [1.82, 2.24) is 9.36 Å². The molecule has 3 N–H and O–H groups in total. The number of rotatable bonds is 7. The molecule has 1 aliphatic heterocycles. The third-order valence-electron chi connectivity index (χ3n) is 5.05. The van der Waals surface area contributed by atoms with Gasteiger partial charge in [0.15, 0.2) is 0 Å². The first-order valence-corrected chi connectivity index (χ1v) is 12.0. The number of anilines is 3. The normalized spacial score (nSPS) is 14.6. The first-order chi connectivity index (χ1) is 16.1. The minimum Gasteiger partial charge on any atom is -0.489 e.